The van der Waals surface area contributed by atoms with E-state index in [0.717, 1.165) is 0 Å². The van der Waals surface area contributed by atoms with Crippen molar-refractivity contribution in [3.63, 3.8) is 0 Å². The first-order chi connectivity index (χ1) is 10.8. The molecular formula is C16H20F3NO3. The summed E-state index contributed by atoms with van der Waals surface area (Å²) < 4.78 is 39.3. The van der Waals surface area contributed by atoms with E-state index in [1.165, 1.54) is 4.90 Å². The molecule has 4 nitrogen and oxygen atoms in total. The maximum absolute atomic E-state index is 13.1. The number of carbonyl (C=O) groups is 1. The average molecular weight is 331 g/mol. The normalized spacial score (nSPS) is 19.4. The third-order valence-corrected chi connectivity index (χ3v) is 4.62. The van der Waals surface area contributed by atoms with E-state index in [9.17, 15) is 28.2 Å². The van der Waals surface area contributed by atoms with Gasteiger partial charge in [0.1, 0.15) is 0 Å². The molecule has 0 radical (unpaired) electrons. The molecule has 0 aromatic heterocycles. The number of amides is 1. The van der Waals surface area contributed by atoms with Crippen LogP contribution in [0.4, 0.5) is 13.2 Å². The van der Waals surface area contributed by atoms with Crippen molar-refractivity contribution in [2.75, 3.05) is 26.3 Å². The number of aliphatic hydroxyl groups excluding tert-OH is 2. The molecule has 0 bridgehead atoms. The summed E-state index contributed by atoms with van der Waals surface area (Å²) in [7, 11) is 0. The molecule has 1 amide bonds. The molecular weight excluding hydrogens is 311 g/mol. The van der Waals surface area contributed by atoms with Gasteiger partial charge in [-0.15, -0.1) is 0 Å². The van der Waals surface area contributed by atoms with E-state index in [-0.39, 0.29) is 31.8 Å². The van der Waals surface area contributed by atoms with Gasteiger partial charge >= 0.3 is 6.18 Å². The van der Waals surface area contributed by atoms with Crippen molar-refractivity contribution in [2.45, 2.75) is 24.9 Å². The quantitative estimate of drug-likeness (QED) is 0.886. The number of benzene rings is 1. The summed E-state index contributed by atoms with van der Waals surface area (Å²) in [6.45, 7) is -1.53. The monoisotopic (exact) mass is 331 g/mol. The fourth-order valence-electron chi connectivity index (χ4n) is 2.92. The van der Waals surface area contributed by atoms with Crippen molar-refractivity contribution in [3.05, 3.63) is 35.9 Å². The van der Waals surface area contributed by atoms with Crippen LogP contribution in [0.25, 0.3) is 0 Å². The fraction of sp³-hybridized carbons (Fsp3) is 0.562. The molecule has 0 spiro atoms. The van der Waals surface area contributed by atoms with Gasteiger partial charge in [0.2, 0.25) is 5.91 Å². The van der Waals surface area contributed by atoms with E-state index in [1.54, 1.807) is 30.3 Å². The van der Waals surface area contributed by atoms with Gasteiger partial charge in [0, 0.05) is 13.1 Å². The second kappa shape index (κ2) is 6.88. The number of halogens is 3. The molecule has 1 atom stereocenters. The number of nitrogens with zero attached hydrogens (tertiary/aromatic N) is 1. The molecule has 0 aliphatic carbocycles. The van der Waals surface area contributed by atoms with Crippen LogP contribution in [-0.2, 0) is 4.79 Å². The smallest absolute Gasteiger partial charge is 0.395 e. The third-order valence-electron chi connectivity index (χ3n) is 4.62. The predicted octanol–water partition coefficient (Wildman–Crippen LogP) is 1.93. The topological polar surface area (TPSA) is 60.8 Å². The van der Waals surface area contributed by atoms with Crippen LogP contribution < -0.4 is 0 Å². The summed E-state index contributed by atoms with van der Waals surface area (Å²) in [6.07, 6.45) is -5.15. The van der Waals surface area contributed by atoms with Crippen LogP contribution in [0.3, 0.4) is 0 Å². The number of likely N-dealkylation sites (tertiary alicyclic amines) is 1. The van der Waals surface area contributed by atoms with Crippen LogP contribution in [0.15, 0.2) is 30.3 Å². The highest BCUT2D eigenvalue weighted by Crippen LogP contribution is 2.46. The standard InChI is InChI=1S/C16H20F3NO3/c17-16(18,19)15(11-22)6-8-20(9-7-15)14(23)13(10-21)12-4-2-1-3-5-12/h1-5,13,21-22H,6-11H2. The Bertz CT molecular complexity index is 525. The van der Waals surface area contributed by atoms with E-state index in [2.05, 4.69) is 0 Å². The van der Waals surface area contributed by atoms with Gasteiger partial charge in [-0.1, -0.05) is 30.3 Å². The molecule has 2 rings (SSSR count). The Balaban J connectivity index is 2.08. The van der Waals surface area contributed by atoms with Crippen LogP contribution in [0.5, 0.6) is 0 Å². The van der Waals surface area contributed by atoms with Gasteiger partial charge in [-0.25, -0.2) is 0 Å². The fourth-order valence-corrected chi connectivity index (χ4v) is 2.92. The van der Waals surface area contributed by atoms with Gasteiger partial charge in [-0.05, 0) is 18.4 Å². The average Bonchev–Trinajstić information content (AvgIpc) is 2.55. The number of rotatable bonds is 4. The second-order valence-electron chi connectivity index (χ2n) is 5.91. The molecule has 2 N–H and O–H groups in total. The summed E-state index contributed by atoms with van der Waals surface area (Å²) in [6, 6.07) is 8.67. The zero-order chi connectivity index (χ0) is 17.1. The molecule has 1 aromatic rings. The molecule has 1 aromatic carbocycles. The number of alkyl halides is 3. The van der Waals surface area contributed by atoms with E-state index in [1.807, 2.05) is 0 Å². The zero-order valence-electron chi connectivity index (χ0n) is 12.6. The lowest BCUT2D eigenvalue weighted by atomic mass is 9.78. The van der Waals surface area contributed by atoms with Gasteiger partial charge in [0.05, 0.1) is 24.5 Å². The van der Waals surface area contributed by atoms with Crippen molar-refractivity contribution in [1.82, 2.24) is 4.90 Å². The van der Waals surface area contributed by atoms with Gasteiger partial charge in [-0.2, -0.15) is 13.2 Å². The van der Waals surface area contributed by atoms with Crippen molar-refractivity contribution < 1.29 is 28.2 Å². The number of aliphatic hydroxyl groups is 2. The zero-order valence-corrected chi connectivity index (χ0v) is 12.6. The number of hydrogen-bond donors (Lipinski definition) is 2. The Morgan fingerprint density at radius 2 is 1.74 bits per heavy atom. The lowest BCUT2D eigenvalue weighted by Crippen LogP contribution is -2.52. The number of carbonyl (C=O) groups excluding carboxylic acids is 1. The van der Waals surface area contributed by atoms with E-state index >= 15 is 0 Å². The van der Waals surface area contributed by atoms with E-state index in [0.29, 0.717) is 5.56 Å². The van der Waals surface area contributed by atoms with Crippen LogP contribution in [0.2, 0.25) is 0 Å². The van der Waals surface area contributed by atoms with Crippen LogP contribution in [-0.4, -0.2) is 53.5 Å². The van der Waals surface area contributed by atoms with Gasteiger partial charge in [-0.3, -0.25) is 4.79 Å². The van der Waals surface area contributed by atoms with Crippen molar-refractivity contribution >= 4 is 5.91 Å². The third kappa shape index (κ3) is 3.50. The molecule has 128 valence electrons. The minimum Gasteiger partial charge on any atom is -0.395 e. The molecule has 7 heteroatoms. The molecule has 1 saturated heterocycles. The van der Waals surface area contributed by atoms with Crippen molar-refractivity contribution in [3.8, 4) is 0 Å². The Morgan fingerprint density at radius 1 is 1.17 bits per heavy atom. The first-order valence-electron chi connectivity index (χ1n) is 7.47. The lowest BCUT2D eigenvalue weighted by molar-refractivity contribution is -0.248. The van der Waals surface area contributed by atoms with Crippen LogP contribution >= 0.6 is 0 Å². The summed E-state index contributed by atoms with van der Waals surface area (Å²) in [5, 5.41) is 18.7. The Morgan fingerprint density at radius 3 is 2.17 bits per heavy atom. The second-order valence-corrected chi connectivity index (χ2v) is 5.91. The summed E-state index contributed by atoms with van der Waals surface area (Å²) in [5.41, 5.74) is -1.50. The summed E-state index contributed by atoms with van der Waals surface area (Å²) in [5.74, 6) is -1.16. The van der Waals surface area contributed by atoms with Gasteiger partial charge in [0.25, 0.3) is 0 Å². The van der Waals surface area contributed by atoms with E-state index < -0.39 is 30.7 Å². The lowest BCUT2D eigenvalue weighted by Gasteiger charge is -2.42. The SMILES string of the molecule is O=C(C(CO)c1ccccc1)N1CCC(CO)(C(F)(F)F)CC1. The Kier molecular flexibility index (Phi) is 5.31. The highest BCUT2D eigenvalue weighted by atomic mass is 19.4. The van der Waals surface area contributed by atoms with Crippen LogP contribution in [0.1, 0.15) is 24.3 Å². The molecule has 1 fully saturated rings. The number of piperidine rings is 1. The maximum atomic E-state index is 13.1. The number of hydrogen-bond acceptors (Lipinski definition) is 3. The Hall–Kier alpha value is -1.60. The Labute approximate surface area is 132 Å². The first-order valence-corrected chi connectivity index (χ1v) is 7.47. The minimum atomic E-state index is -4.49. The molecule has 1 heterocycles. The van der Waals surface area contributed by atoms with E-state index in [4.69, 9.17) is 0 Å². The first kappa shape index (κ1) is 17.7. The van der Waals surface area contributed by atoms with Gasteiger partial charge in [0.15, 0.2) is 0 Å². The summed E-state index contributed by atoms with van der Waals surface area (Å²) in [4.78, 5) is 13.8. The van der Waals surface area contributed by atoms with Crippen LogP contribution in [0, 0.1) is 5.41 Å². The molecule has 0 saturated carbocycles. The molecule has 1 aliphatic rings. The highest BCUT2D eigenvalue weighted by molar-refractivity contribution is 5.84. The largest absolute Gasteiger partial charge is 0.396 e. The highest BCUT2D eigenvalue weighted by Gasteiger charge is 2.55. The van der Waals surface area contributed by atoms with Crippen molar-refractivity contribution in [1.29, 1.82) is 0 Å². The summed E-state index contributed by atoms with van der Waals surface area (Å²) >= 11 is 0. The van der Waals surface area contributed by atoms with Crippen molar-refractivity contribution in [2.24, 2.45) is 5.41 Å². The predicted molar refractivity (Wildman–Crippen MR) is 77.7 cm³/mol. The van der Waals surface area contributed by atoms with Gasteiger partial charge < -0.3 is 15.1 Å². The molecule has 1 unspecified atom stereocenters. The minimum absolute atomic E-state index is 0.0811. The molecule has 23 heavy (non-hydrogen) atoms. The molecule has 1 aliphatic heterocycles. The maximum Gasteiger partial charge on any atom is 0.396 e.